The maximum Gasteiger partial charge on any atom is 0.257 e. The largest absolute Gasteiger partial charge is 0.339 e. The van der Waals surface area contributed by atoms with Crippen LogP contribution in [0.5, 0.6) is 0 Å². The van der Waals surface area contributed by atoms with Crippen LogP contribution < -0.4 is 0 Å². The van der Waals surface area contributed by atoms with Gasteiger partial charge in [0.2, 0.25) is 0 Å². The summed E-state index contributed by atoms with van der Waals surface area (Å²) in [4.78, 5) is 23.1. The number of benzene rings is 1. The molecule has 2 aromatic rings. The Balaban J connectivity index is 1.85. The number of aromatic nitrogens is 2. The third kappa shape index (κ3) is 2.98. The van der Waals surface area contributed by atoms with E-state index in [1.165, 1.54) is 18.6 Å². The number of amides is 1. The number of nitrogens with zero attached hydrogens (tertiary/aromatic N) is 3. The first-order valence-corrected chi connectivity index (χ1v) is 7.54. The van der Waals surface area contributed by atoms with Crippen LogP contribution in [0.25, 0.3) is 11.4 Å². The Labute approximate surface area is 129 Å². The molecule has 0 aliphatic carbocycles. The van der Waals surface area contributed by atoms with E-state index in [4.69, 9.17) is 0 Å². The van der Waals surface area contributed by atoms with E-state index in [1.807, 2.05) is 11.8 Å². The summed E-state index contributed by atoms with van der Waals surface area (Å²) in [7, 11) is 0. The molecule has 114 valence electrons. The summed E-state index contributed by atoms with van der Waals surface area (Å²) >= 11 is 0. The lowest BCUT2D eigenvalue weighted by atomic mass is 10.1. The van der Waals surface area contributed by atoms with E-state index >= 15 is 0 Å². The molecular formula is C17H18FN3O. The third-order valence-electron chi connectivity index (χ3n) is 3.96. The van der Waals surface area contributed by atoms with Crippen molar-refractivity contribution in [1.82, 2.24) is 14.9 Å². The monoisotopic (exact) mass is 299 g/mol. The second kappa shape index (κ2) is 6.22. The molecule has 0 saturated carbocycles. The van der Waals surface area contributed by atoms with Gasteiger partial charge in [-0.05, 0) is 50.5 Å². The van der Waals surface area contributed by atoms with Crippen molar-refractivity contribution < 1.29 is 9.18 Å². The van der Waals surface area contributed by atoms with E-state index in [-0.39, 0.29) is 11.7 Å². The molecule has 22 heavy (non-hydrogen) atoms. The molecule has 2 heterocycles. The Hall–Kier alpha value is -2.30. The van der Waals surface area contributed by atoms with Crippen LogP contribution in [0.1, 0.15) is 35.3 Å². The zero-order valence-corrected chi connectivity index (χ0v) is 12.6. The SMILES string of the molecule is Cc1nc(-c2ccc(F)cc2)ncc1C(=O)N1CCCCC1. The molecule has 1 saturated heterocycles. The summed E-state index contributed by atoms with van der Waals surface area (Å²) in [5.74, 6) is 0.216. The fourth-order valence-corrected chi connectivity index (χ4v) is 2.68. The third-order valence-corrected chi connectivity index (χ3v) is 3.96. The summed E-state index contributed by atoms with van der Waals surface area (Å²) < 4.78 is 13.0. The normalized spacial score (nSPS) is 14.9. The van der Waals surface area contributed by atoms with E-state index < -0.39 is 0 Å². The molecule has 3 rings (SSSR count). The maximum absolute atomic E-state index is 13.0. The molecule has 0 bridgehead atoms. The molecule has 1 aromatic heterocycles. The van der Waals surface area contributed by atoms with E-state index in [0.717, 1.165) is 31.5 Å². The van der Waals surface area contributed by atoms with E-state index in [0.29, 0.717) is 17.1 Å². The van der Waals surface area contributed by atoms with Crippen LogP contribution in [0.2, 0.25) is 0 Å². The summed E-state index contributed by atoms with van der Waals surface area (Å²) in [5, 5.41) is 0. The van der Waals surface area contributed by atoms with Gasteiger partial charge in [0.25, 0.3) is 5.91 Å². The molecular weight excluding hydrogens is 281 g/mol. The molecule has 1 fully saturated rings. The first kappa shape index (κ1) is 14.6. The number of halogens is 1. The first-order chi connectivity index (χ1) is 10.6. The number of carbonyl (C=O) groups excluding carboxylic acids is 1. The van der Waals surface area contributed by atoms with Gasteiger partial charge in [0, 0.05) is 24.8 Å². The van der Waals surface area contributed by atoms with Gasteiger partial charge in [0.05, 0.1) is 11.3 Å². The standard InChI is InChI=1S/C17H18FN3O/c1-12-15(17(22)21-9-3-2-4-10-21)11-19-16(20-12)13-5-7-14(18)8-6-13/h5-8,11H,2-4,9-10H2,1H3. The van der Waals surface area contributed by atoms with E-state index in [2.05, 4.69) is 9.97 Å². The highest BCUT2D eigenvalue weighted by Gasteiger charge is 2.21. The Bertz CT molecular complexity index is 679. The molecule has 1 amide bonds. The van der Waals surface area contributed by atoms with Crippen molar-refractivity contribution in [2.75, 3.05) is 13.1 Å². The van der Waals surface area contributed by atoms with Crippen LogP contribution in [-0.4, -0.2) is 33.9 Å². The van der Waals surface area contributed by atoms with Gasteiger partial charge in [-0.1, -0.05) is 0 Å². The van der Waals surface area contributed by atoms with E-state index in [9.17, 15) is 9.18 Å². The minimum atomic E-state index is -0.294. The highest BCUT2D eigenvalue weighted by atomic mass is 19.1. The lowest BCUT2D eigenvalue weighted by Crippen LogP contribution is -2.36. The highest BCUT2D eigenvalue weighted by Crippen LogP contribution is 2.19. The van der Waals surface area contributed by atoms with Gasteiger partial charge in [-0.25, -0.2) is 14.4 Å². The lowest BCUT2D eigenvalue weighted by Gasteiger charge is -2.27. The smallest absolute Gasteiger partial charge is 0.257 e. The number of hydrogen-bond donors (Lipinski definition) is 0. The van der Waals surface area contributed by atoms with Crippen LogP contribution in [0.15, 0.2) is 30.5 Å². The van der Waals surface area contributed by atoms with Crippen LogP contribution in [0.4, 0.5) is 4.39 Å². The van der Waals surface area contributed by atoms with Crippen molar-refractivity contribution >= 4 is 5.91 Å². The second-order valence-corrected chi connectivity index (χ2v) is 5.55. The summed E-state index contributed by atoms with van der Waals surface area (Å²) in [6.45, 7) is 3.42. The Morgan fingerprint density at radius 2 is 1.82 bits per heavy atom. The summed E-state index contributed by atoms with van der Waals surface area (Å²) in [5.41, 5.74) is 1.94. The summed E-state index contributed by atoms with van der Waals surface area (Å²) in [6.07, 6.45) is 4.87. The predicted molar refractivity (Wildman–Crippen MR) is 81.9 cm³/mol. The topological polar surface area (TPSA) is 46.1 Å². The zero-order chi connectivity index (χ0) is 15.5. The number of carbonyl (C=O) groups is 1. The van der Waals surface area contributed by atoms with E-state index in [1.54, 1.807) is 18.3 Å². The molecule has 0 radical (unpaired) electrons. The molecule has 1 aromatic carbocycles. The van der Waals surface area contributed by atoms with Gasteiger partial charge >= 0.3 is 0 Å². The zero-order valence-electron chi connectivity index (χ0n) is 12.6. The van der Waals surface area contributed by atoms with Gasteiger partial charge in [0.1, 0.15) is 5.82 Å². The second-order valence-electron chi connectivity index (χ2n) is 5.55. The predicted octanol–water partition coefficient (Wildman–Crippen LogP) is 3.22. The molecule has 1 aliphatic rings. The maximum atomic E-state index is 13.0. The quantitative estimate of drug-likeness (QED) is 0.855. The van der Waals surface area contributed by atoms with Gasteiger partial charge < -0.3 is 4.90 Å². The van der Waals surface area contributed by atoms with Crippen LogP contribution in [0, 0.1) is 12.7 Å². The average Bonchev–Trinajstić information content (AvgIpc) is 2.56. The van der Waals surface area contributed by atoms with Crippen molar-refractivity contribution in [2.45, 2.75) is 26.2 Å². The molecule has 5 heteroatoms. The van der Waals surface area contributed by atoms with Gasteiger partial charge in [-0.3, -0.25) is 4.79 Å². The highest BCUT2D eigenvalue weighted by molar-refractivity contribution is 5.95. The van der Waals surface area contributed by atoms with Crippen molar-refractivity contribution in [3.8, 4) is 11.4 Å². The Kier molecular flexibility index (Phi) is 4.13. The van der Waals surface area contributed by atoms with Crippen molar-refractivity contribution in [2.24, 2.45) is 0 Å². The number of rotatable bonds is 2. The lowest BCUT2D eigenvalue weighted by molar-refractivity contribution is 0.0722. The molecule has 4 nitrogen and oxygen atoms in total. The summed E-state index contributed by atoms with van der Waals surface area (Å²) in [6, 6.07) is 6.02. The van der Waals surface area contributed by atoms with Crippen molar-refractivity contribution in [3.63, 3.8) is 0 Å². The van der Waals surface area contributed by atoms with Crippen LogP contribution in [-0.2, 0) is 0 Å². The number of likely N-dealkylation sites (tertiary alicyclic amines) is 1. The van der Waals surface area contributed by atoms with Crippen LogP contribution in [0.3, 0.4) is 0 Å². The molecule has 0 N–H and O–H groups in total. The number of hydrogen-bond acceptors (Lipinski definition) is 3. The van der Waals surface area contributed by atoms with Gasteiger partial charge in [0.15, 0.2) is 5.82 Å². The van der Waals surface area contributed by atoms with Gasteiger partial charge in [-0.2, -0.15) is 0 Å². The molecule has 1 aliphatic heterocycles. The number of aryl methyl sites for hydroxylation is 1. The Morgan fingerprint density at radius 3 is 2.45 bits per heavy atom. The molecule has 0 spiro atoms. The average molecular weight is 299 g/mol. The Morgan fingerprint density at radius 1 is 1.14 bits per heavy atom. The minimum absolute atomic E-state index is 0.00264. The fourth-order valence-electron chi connectivity index (χ4n) is 2.68. The first-order valence-electron chi connectivity index (χ1n) is 7.54. The number of piperidine rings is 1. The van der Waals surface area contributed by atoms with Crippen molar-refractivity contribution in [3.05, 3.63) is 47.5 Å². The molecule has 0 unspecified atom stereocenters. The van der Waals surface area contributed by atoms with Gasteiger partial charge in [-0.15, -0.1) is 0 Å². The fraction of sp³-hybridized carbons (Fsp3) is 0.353. The van der Waals surface area contributed by atoms with Crippen molar-refractivity contribution in [1.29, 1.82) is 0 Å². The minimum Gasteiger partial charge on any atom is -0.339 e. The molecule has 0 atom stereocenters. The van der Waals surface area contributed by atoms with Crippen LogP contribution >= 0.6 is 0 Å².